The minimum atomic E-state index is 0.248. The summed E-state index contributed by atoms with van der Waals surface area (Å²) in [5.41, 5.74) is 6.39. The molecule has 2 heterocycles. The van der Waals surface area contributed by atoms with E-state index >= 15 is 0 Å². The van der Waals surface area contributed by atoms with E-state index in [1.807, 2.05) is 11.4 Å². The van der Waals surface area contributed by atoms with Gasteiger partial charge in [-0.15, -0.1) is 11.3 Å². The first-order chi connectivity index (χ1) is 7.90. The lowest BCUT2D eigenvalue weighted by Crippen LogP contribution is -2.11. The van der Waals surface area contributed by atoms with Gasteiger partial charge < -0.3 is 15.2 Å². The van der Waals surface area contributed by atoms with Crippen LogP contribution in [0.1, 0.15) is 16.9 Å². The number of thiophene rings is 1. The molecule has 1 atom stereocenters. The zero-order valence-electron chi connectivity index (χ0n) is 9.07. The zero-order chi connectivity index (χ0) is 11.2. The van der Waals surface area contributed by atoms with E-state index in [-0.39, 0.29) is 6.10 Å². The second-order valence-corrected chi connectivity index (χ2v) is 4.56. The molecule has 1 aromatic heterocycles. The van der Waals surface area contributed by atoms with Crippen molar-refractivity contribution in [3.8, 4) is 11.8 Å². The summed E-state index contributed by atoms with van der Waals surface area (Å²) in [5, 5.41) is 2.03. The van der Waals surface area contributed by atoms with Crippen molar-refractivity contribution in [3.05, 3.63) is 21.9 Å². The van der Waals surface area contributed by atoms with E-state index < -0.39 is 0 Å². The maximum atomic E-state index is 5.75. The Morgan fingerprint density at radius 2 is 2.56 bits per heavy atom. The van der Waals surface area contributed by atoms with Gasteiger partial charge in [-0.1, -0.05) is 11.8 Å². The summed E-state index contributed by atoms with van der Waals surface area (Å²) in [5.74, 6) is 5.92. The highest BCUT2D eigenvalue weighted by molar-refractivity contribution is 7.10. The molecule has 1 aliphatic rings. The van der Waals surface area contributed by atoms with Crippen LogP contribution in [0, 0.1) is 11.8 Å². The van der Waals surface area contributed by atoms with Crippen LogP contribution in [0.2, 0.25) is 0 Å². The molecule has 1 aromatic rings. The van der Waals surface area contributed by atoms with Crippen LogP contribution < -0.4 is 5.73 Å². The van der Waals surface area contributed by atoms with Gasteiger partial charge in [-0.25, -0.2) is 0 Å². The van der Waals surface area contributed by atoms with Crippen LogP contribution in [0.25, 0.3) is 0 Å². The predicted octanol–water partition coefficient (Wildman–Crippen LogP) is 1.36. The lowest BCUT2D eigenvalue weighted by atomic mass is 10.2. The Balaban J connectivity index is 1.90. The Labute approximate surface area is 99.6 Å². The molecule has 1 fully saturated rings. The average Bonchev–Trinajstić information content (AvgIpc) is 2.94. The highest BCUT2D eigenvalue weighted by Crippen LogP contribution is 2.19. The van der Waals surface area contributed by atoms with Gasteiger partial charge in [0.15, 0.2) is 0 Å². The second kappa shape index (κ2) is 6.02. The lowest BCUT2D eigenvalue weighted by molar-refractivity contribution is 0.0330. The maximum absolute atomic E-state index is 5.75. The van der Waals surface area contributed by atoms with Gasteiger partial charge in [0.2, 0.25) is 0 Å². The van der Waals surface area contributed by atoms with Crippen LogP contribution in [-0.4, -0.2) is 25.9 Å². The zero-order valence-corrected chi connectivity index (χ0v) is 9.89. The first kappa shape index (κ1) is 11.6. The summed E-state index contributed by atoms with van der Waals surface area (Å²) in [7, 11) is 0. The molecule has 0 aliphatic carbocycles. The highest BCUT2D eigenvalue weighted by atomic mass is 32.1. The number of hydrogen-bond donors (Lipinski definition) is 1. The van der Waals surface area contributed by atoms with Crippen molar-refractivity contribution in [2.75, 3.05) is 19.8 Å². The van der Waals surface area contributed by atoms with Crippen LogP contribution >= 0.6 is 11.3 Å². The van der Waals surface area contributed by atoms with Crippen molar-refractivity contribution in [3.63, 3.8) is 0 Å². The van der Waals surface area contributed by atoms with Crippen molar-refractivity contribution in [2.24, 2.45) is 5.73 Å². The fourth-order valence-electron chi connectivity index (χ4n) is 1.55. The molecule has 2 rings (SSSR count). The lowest BCUT2D eigenvalue weighted by Gasteiger charge is -2.08. The van der Waals surface area contributed by atoms with E-state index in [4.69, 9.17) is 15.2 Å². The van der Waals surface area contributed by atoms with E-state index in [1.165, 1.54) is 4.88 Å². The molecule has 16 heavy (non-hydrogen) atoms. The van der Waals surface area contributed by atoms with Crippen molar-refractivity contribution in [1.82, 2.24) is 0 Å². The predicted molar refractivity (Wildman–Crippen MR) is 64.3 cm³/mol. The third kappa shape index (κ3) is 3.06. The fourth-order valence-corrected chi connectivity index (χ4v) is 2.30. The molecule has 3 nitrogen and oxygen atoms in total. The molecule has 1 unspecified atom stereocenters. The second-order valence-electron chi connectivity index (χ2n) is 3.56. The third-order valence-electron chi connectivity index (χ3n) is 2.41. The molecule has 0 saturated carbocycles. The van der Waals surface area contributed by atoms with Gasteiger partial charge in [-0.2, -0.15) is 0 Å². The summed E-state index contributed by atoms with van der Waals surface area (Å²) in [6.07, 6.45) is 1.24. The summed E-state index contributed by atoms with van der Waals surface area (Å²) in [6, 6.07) is 2.01. The molecular weight excluding hydrogens is 222 g/mol. The van der Waals surface area contributed by atoms with Crippen molar-refractivity contribution in [2.45, 2.75) is 19.1 Å². The normalized spacial score (nSPS) is 19.4. The SMILES string of the molecule is NCC#Cc1ccsc1COC1CCOC1. The third-order valence-corrected chi connectivity index (χ3v) is 3.30. The molecule has 0 amide bonds. The van der Waals surface area contributed by atoms with Crippen molar-refractivity contribution in [1.29, 1.82) is 0 Å². The summed E-state index contributed by atoms with van der Waals surface area (Å²) in [6.45, 7) is 2.55. The molecule has 0 spiro atoms. The Kier molecular flexibility index (Phi) is 4.37. The molecule has 0 bridgehead atoms. The van der Waals surface area contributed by atoms with Gasteiger partial charge in [0, 0.05) is 17.0 Å². The number of ether oxygens (including phenoxy) is 2. The summed E-state index contributed by atoms with van der Waals surface area (Å²) < 4.78 is 11.0. The molecule has 1 aliphatic heterocycles. The highest BCUT2D eigenvalue weighted by Gasteiger charge is 2.16. The van der Waals surface area contributed by atoms with Crippen molar-refractivity contribution >= 4 is 11.3 Å². The van der Waals surface area contributed by atoms with Gasteiger partial charge in [0.1, 0.15) is 0 Å². The van der Waals surface area contributed by atoms with Crippen LogP contribution in [0.5, 0.6) is 0 Å². The Morgan fingerprint density at radius 1 is 1.62 bits per heavy atom. The van der Waals surface area contributed by atoms with E-state index in [9.17, 15) is 0 Å². The van der Waals surface area contributed by atoms with Gasteiger partial charge in [0.05, 0.1) is 25.9 Å². The first-order valence-corrected chi connectivity index (χ1v) is 6.23. The number of nitrogens with two attached hydrogens (primary N) is 1. The minimum absolute atomic E-state index is 0.248. The monoisotopic (exact) mass is 237 g/mol. The molecule has 0 aromatic carbocycles. The van der Waals surface area contributed by atoms with Gasteiger partial charge in [-0.05, 0) is 17.9 Å². The largest absolute Gasteiger partial charge is 0.379 e. The van der Waals surface area contributed by atoms with Gasteiger partial charge in [0.25, 0.3) is 0 Å². The van der Waals surface area contributed by atoms with Crippen LogP contribution in [0.15, 0.2) is 11.4 Å². The average molecular weight is 237 g/mol. The topological polar surface area (TPSA) is 44.5 Å². The quantitative estimate of drug-likeness (QED) is 0.807. The molecule has 2 N–H and O–H groups in total. The van der Waals surface area contributed by atoms with Crippen LogP contribution in [-0.2, 0) is 16.1 Å². The summed E-state index contributed by atoms with van der Waals surface area (Å²) >= 11 is 1.67. The Bertz CT molecular complexity index is 385. The Morgan fingerprint density at radius 3 is 3.31 bits per heavy atom. The maximum Gasteiger partial charge on any atom is 0.0835 e. The van der Waals surface area contributed by atoms with Crippen LogP contribution in [0.4, 0.5) is 0 Å². The number of hydrogen-bond acceptors (Lipinski definition) is 4. The standard InChI is InChI=1S/C12H15NO2S/c13-5-1-2-10-4-7-16-12(10)9-15-11-3-6-14-8-11/h4,7,11H,3,5-6,8-9,13H2. The van der Waals surface area contributed by atoms with E-state index in [0.717, 1.165) is 25.2 Å². The fraction of sp³-hybridized carbons (Fsp3) is 0.500. The Hall–Kier alpha value is -0.860. The first-order valence-electron chi connectivity index (χ1n) is 5.35. The molecule has 1 saturated heterocycles. The van der Waals surface area contributed by atoms with Crippen molar-refractivity contribution < 1.29 is 9.47 Å². The smallest absolute Gasteiger partial charge is 0.0835 e. The van der Waals surface area contributed by atoms with E-state index in [0.29, 0.717) is 13.2 Å². The van der Waals surface area contributed by atoms with Crippen LogP contribution in [0.3, 0.4) is 0 Å². The molecule has 4 heteroatoms. The summed E-state index contributed by atoms with van der Waals surface area (Å²) in [4.78, 5) is 1.17. The van der Waals surface area contributed by atoms with E-state index in [1.54, 1.807) is 11.3 Å². The van der Waals surface area contributed by atoms with Gasteiger partial charge in [-0.3, -0.25) is 0 Å². The molecule has 86 valence electrons. The van der Waals surface area contributed by atoms with Gasteiger partial charge >= 0.3 is 0 Å². The minimum Gasteiger partial charge on any atom is -0.379 e. The molecule has 0 radical (unpaired) electrons. The molecular formula is C12H15NO2S. The number of rotatable bonds is 3. The van der Waals surface area contributed by atoms with E-state index in [2.05, 4.69) is 11.8 Å².